The first-order chi connectivity index (χ1) is 12.5. The smallest absolute Gasteiger partial charge is 0.306 e. The summed E-state index contributed by atoms with van der Waals surface area (Å²) in [4.78, 5) is 14.5. The van der Waals surface area contributed by atoms with Gasteiger partial charge >= 0.3 is 5.97 Å². The lowest BCUT2D eigenvalue weighted by Crippen LogP contribution is -2.40. The number of methoxy groups -OCH3 is 1. The number of benzene rings is 1. The molecule has 2 heterocycles. The fraction of sp³-hybridized carbons (Fsp3) is 0.667. The molecule has 0 N–H and O–H groups in total. The van der Waals surface area contributed by atoms with Gasteiger partial charge in [-0.05, 0) is 38.1 Å². The second-order valence-electron chi connectivity index (χ2n) is 8.07. The van der Waals surface area contributed by atoms with Crippen LogP contribution in [-0.4, -0.2) is 43.8 Å². The average Bonchev–Trinajstić information content (AvgIpc) is 2.99. The Balaban J connectivity index is 1.76. The first-order valence-electron chi connectivity index (χ1n) is 9.76. The van der Waals surface area contributed by atoms with Crippen LogP contribution in [0.4, 0.5) is 0 Å². The molecule has 1 aromatic carbocycles. The Labute approximate surface area is 155 Å². The summed E-state index contributed by atoms with van der Waals surface area (Å²) in [5.74, 6) is 1.87. The molecule has 1 saturated carbocycles. The van der Waals surface area contributed by atoms with Crippen LogP contribution < -0.4 is 9.47 Å². The van der Waals surface area contributed by atoms with Crippen molar-refractivity contribution in [2.24, 2.45) is 5.92 Å². The normalized spacial score (nSPS) is 32.4. The van der Waals surface area contributed by atoms with E-state index in [4.69, 9.17) is 14.2 Å². The third-order valence-electron chi connectivity index (χ3n) is 6.63. The summed E-state index contributed by atoms with van der Waals surface area (Å²) >= 11 is 0. The maximum atomic E-state index is 12.1. The fourth-order valence-electron chi connectivity index (χ4n) is 5.30. The Hall–Kier alpha value is -1.75. The Morgan fingerprint density at radius 2 is 2.23 bits per heavy atom. The van der Waals surface area contributed by atoms with E-state index in [2.05, 4.69) is 24.9 Å². The van der Waals surface area contributed by atoms with Crippen LogP contribution >= 0.6 is 0 Å². The molecule has 1 aromatic rings. The maximum absolute atomic E-state index is 12.1. The van der Waals surface area contributed by atoms with Gasteiger partial charge in [0.2, 0.25) is 0 Å². The largest absolute Gasteiger partial charge is 0.493 e. The fourth-order valence-corrected chi connectivity index (χ4v) is 5.30. The van der Waals surface area contributed by atoms with Gasteiger partial charge in [-0.3, -0.25) is 4.79 Å². The van der Waals surface area contributed by atoms with Crippen LogP contribution in [0.2, 0.25) is 0 Å². The van der Waals surface area contributed by atoms with Gasteiger partial charge in [-0.2, -0.15) is 0 Å². The standard InChI is InChI=1S/C21H29NO4/c1-5-6-18(23)25-16-11-17-21(13(16)2)9-10-22(3)12-14-7-8-15(24-4)20(26-17)19(14)21/h7-8,13,16-17H,5-6,9-12H2,1-4H3/t13?,16-,17+,21-/m1/s1. The van der Waals surface area contributed by atoms with E-state index in [1.165, 1.54) is 11.1 Å². The Morgan fingerprint density at radius 3 is 2.96 bits per heavy atom. The highest BCUT2D eigenvalue weighted by Gasteiger charge is 2.62. The molecule has 1 unspecified atom stereocenters. The topological polar surface area (TPSA) is 48.0 Å². The summed E-state index contributed by atoms with van der Waals surface area (Å²) in [5.41, 5.74) is 2.52. The number of rotatable bonds is 4. The Bertz CT molecular complexity index is 718. The molecule has 5 nitrogen and oxygen atoms in total. The van der Waals surface area contributed by atoms with E-state index in [0.717, 1.165) is 43.9 Å². The minimum atomic E-state index is -0.0961. The molecule has 142 valence electrons. The number of esters is 1. The molecule has 0 amide bonds. The predicted octanol–water partition coefficient (Wildman–Crippen LogP) is 3.28. The van der Waals surface area contributed by atoms with Gasteiger partial charge in [0.1, 0.15) is 12.2 Å². The minimum absolute atomic E-state index is 0.0495. The highest BCUT2D eigenvalue weighted by Crippen LogP contribution is 2.61. The van der Waals surface area contributed by atoms with Gasteiger partial charge < -0.3 is 19.1 Å². The van der Waals surface area contributed by atoms with Crippen LogP contribution in [0, 0.1) is 5.92 Å². The molecule has 3 aliphatic rings. The van der Waals surface area contributed by atoms with Gasteiger partial charge in [-0.25, -0.2) is 0 Å². The summed E-state index contributed by atoms with van der Waals surface area (Å²) in [6.45, 7) is 6.16. The lowest BCUT2D eigenvalue weighted by molar-refractivity contribution is -0.151. The number of nitrogens with zero attached hydrogens (tertiary/aromatic N) is 1. The molecule has 5 heteroatoms. The summed E-state index contributed by atoms with van der Waals surface area (Å²) in [5, 5.41) is 0. The van der Waals surface area contributed by atoms with E-state index >= 15 is 0 Å². The van der Waals surface area contributed by atoms with Crippen molar-refractivity contribution in [1.29, 1.82) is 0 Å². The van der Waals surface area contributed by atoms with Crippen LogP contribution in [0.5, 0.6) is 11.5 Å². The molecular weight excluding hydrogens is 330 g/mol. The molecule has 0 saturated heterocycles. The average molecular weight is 359 g/mol. The molecular formula is C21H29NO4. The van der Waals surface area contributed by atoms with Crippen molar-refractivity contribution in [1.82, 2.24) is 4.90 Å². The third-order valence-corrected chi connectivity index (χ3v) is 6.63. The van der Waals surface area contributed by atoms with Crippen LogP contribution in [0.3, 0.4) is 0 Å². The van der Waals surface area contributed by atoms with Gasteiger partial charge in [-0.15, -0.1) is 0 Å². The van der Waals surface area contributed by atoms with E-state index in [9.17, 15) is 4.79 Å². The highest BCUT2D eigenvalue weighted by molar-refractivity contribution is 5.69. The zero-order chi connectivity index (χ0) is 18.5. The van der Waals surface area contributed by atoms with Gasteiger partial charge in [0.05, 0.1) is 7.11 Å². The zero-order valence-corrected chi connectivity index (χ0v) is 16.2. The van der Waals surface area contributed by atoms with E-state index in [-0.39, 0.29) is 29.5 Å². The Kier molecular flexibility index (Phi) is 4.38. The van der Waals surface area contributed by atoms with E-state index < -0.39 is 0 Å². The Morgan fingerprint density at radius 1 is 1.42 bits per heavy atom. The highest BCUT2D eigenvalue weighted by atomic mass is 16.6. The summed E-state index contributed by atoms with van der Waals surface area (Å²) < 4.78 is 17.9. The molecule has 0 aromatic heterocycles. The molecule has 1 fully saturated rings. The number of ether oxygens (including phenoxy) is 3. The van der Waals surface area contributed by atoms with Crippen LogP contribution in [0.25, 0.3) is 0 Å². The van der Waals surface area contributed by atoms with Crippen molar-refractivity contribution < 1.29 is 19.0 Å². The van der Waals surface area contributed by atoms with Crippen molar-refractivity contribution in [3.63, 3.8) is 0 Å². The van der Waals surface area contributed by atoms with Crippen molar-refractivity contribution in [2.75, 3.05) is 20.7 Å². The van der Waals surface area contributed by atoms with Crippen molar-refractivity contribution in [3.8, 4) is 11.5 Å². The monoisotopic (exact) mass is 359 g/mol. The zero-order valence-electron chi connectivity index (χ0n) is 16.2. The van der Waals surface area contributed by atoms with Gasteiger partial charge in [0.25, 0.3) is 0 Å². The summed E-state index contributed by atoms with van der Waals surface area (Å²) in [6.07, 6.45) is 3.06. The lowest BCUT2D eigenvalue weighted by Gasteiger charge is -2.34. The van der Waals surface area contributed by atoms with Gasteiger partial charge in [-0.1, -0.05) is 19.9 Å². The minimum Gasteiger partial charge on any atom is -0.493 e. The molecule has 0 bridgehead atoms. The van der Waals surface area contributed by atoms with E-state index in [0.29, 0.717) is 6.42 Å². The quantitative estimate of drug-likeness (QED) is 0.772. The summed E-state index contributed by atoms with van der Waals surface area (Å²) in [7, 11) is 3.87. The molecule has 4 atom stereocenters. The van der Waals surface area contributed by atoms with Gasteiger partial charge in [0, 0.05) is 36.3 Å². The second-order valence-corrected chi connectivity index (χ2v) is 8.07. The second kappa shape index (κ2) is 6.45. The third kappa shape index (κ3) is 2.43. The predicted molar refractivity (Wildman–Crippen MR) is 98.6 cm³/mol. The van der Waals surface area contributed by atoms with E-state index in [1.807, 2.05) is 13.0 Å². The first kappa shape index (κ1) is 17.7. The molecule has 1 spiro atoms. The van der Waals surface area contributed by atoms with Crippen LogP contribution in [-0.2, 0) is 21.5 Å². The van der Waals surface area contributed by atoms with Gasteiger partial charge in [0.15, 0.2) is 11.5 Å². The van der Waals surface area contributed by atoms with Crippen LogP contribution in [0.15, 0.2) is 12.1 Å². The molecule has 2 aliphatic heterocycles. The van der Waals surface area contributed by atoms with Crippen molar-refractivity contribution in [2.45, 2.75) is 63.7 Å². The number of hydrogen-bond donors (Lipinski definition) is 0. The number of hydrogen-bond acceptors (Lipinski definition) is 5. The molecule has 4 rings (SSSR count). The summed E-state index contributed by atoms with van der Waals surface area (Å²) in [6, 6.07) is 4.20. The van der Waals surface area contributed by atoms with E-state index in [1.54, 1.807) is 7.11 Å². The SMILES string of the molecule is CCCC(=O)O[C@@H]1C[C@@H]2Oc3c(OC)ccc4c3[C@]2(CCN(C)C4)C1C. The molecule has 0 radical (unpaired) electrons. The first-order valence-corrected chi connectivity index (χ1v) is 9.76. The van der Waals surface area contributed by atoms with Crippen molar-refractivity contribution >= 4 is 5.97 Å². The van der Waals surface area contributed by atoms with Crippen LogP contribution in [0.1, 0.15) is 50.7 Å². The number of carbonyl (C=O) groups excluding carboxylic acids is 1. The molecule has 1 aliphatic carbocycles. The van der Waals surface area contributed by atoms with Crippen molar-refractivity contribution in [3.05, 3.63) is 23.3 Å². The lowest BCUT2D eigenvalue weighted by atomic mass is 9.69. The maximum Gasteiger partial charge on any atom is 0.306 e. The molecule has 26 heavy (non-hydrogen) atoms. The number of carbonyl (C=O) groups is 1.